The van der Waals surface area contributed by atoms with Gasteiger partial charge in [-0.2, -0.15) is 0 Å². The highest BCUT2D eigenvalue weighted by Gasteiger charge is 2.21. The van der Waals surface area contributed by atoms with Gasteiger partial charge in [-0.3, -0.25) is 9.69 Å². The summed E-state index contributed by atoms with van der Waals surface area (Å²) in [4.78, 5) is 29.9. The number of amides is 1. The molecular formula is C18H27N5O2S. The lowest BCUT2D eigenvalue weighted by molar-refractivity contribution is -0.127. The lowest BCUT2D eigenvalue weighted by Crippen LogP contribution is -2.37. The minimum absolute atomic E-state index is 0.0543. The third-order valence-electron chi connectivity index (χ3n) is 4.76. The quantitative estimate of drug-likeness (QED) is 0.790. The topological polar surface area (TPSA) is 61.8 Å². The zero-order chi connectivity index (χ0) is 18.8. The van der Waals surface area contributed by atoms with E-state index in [4.69, 9.17) is 14.7 Å². The summed E-state index contributed by atoms with van der Waals surface area (Å²) >= 11 is 1.70. The summed E-state index contributed by atoms with van der Waals surface area (Å²) in [6.07, 6.45) is 0. The number of carbonyl (C=O) groups is 1. The van der Waals surface area contributed by atoms with Crippen LogP contribution in [0.2, 0.25) is 0 Å². The van der Waals surface area contributed by atoms with Crippen molar-refractivity contribution in [3.8, 4) is 0 Å². The Hall–Kier alpha value is -1.77. The van der Waals surface area contributed by atoms with Crippen LogP contribution >= 0.6 is 11.3 Å². The van der Waals surface area contributed by atoms with Crippen molar-refractivity contribution in [1.82, 2.24) is 19.8 Å². The van der Waals surface area contributed by atoms with Crippen LogP contribution < -0.4 is 4.90 Å². The minimum Gasteiger partial charge on any atom is -0.379 e. The largest absolute Gasteiger partial charge is 0.379 e. The Morgan fingerprint density at radius 1 is 1.19 bits per heavy atom. The van der Waals surface area contributed by atoms with Gasteiger partial charge in [-0.25, -0.2) is 9.97 Å². The van der Waals surface area contributed by atoms with Crippen LogP contribution in [0, 0.1) is 13.8 Å². The van der Waals surface area contributed by atoms with Crippen LogP contribution in [0.15, 0.2) is 0 Å². The highest BCUT2D eigenvalue weighted by atomic mass is 32.1. The van der Waals surface area contributed by atoms with Crippen molar-refractivity contribution < 1.29 is 9.53 Å². The summed E-state index contributed by atoms with van der Waals surface area (Å²) in [5.74, 6) is 1.70. The molecule has 0 aliphatic carbocycles. The summed E-state index contributed by atoms with van der Waals surface area (Å²) < 4.78 is 5.42. The lowest BCUT2D eigenvalue weighted by Gasteiger charge is -2.26. The second kappa shape index (κ2) is 7.85. The summed E-state index contributed by atoms with van der Waals surface area (Å²) in [6, 6.07) is 0. The highest BCUT2D eigenvalue weighted by molar-refractivity contribution is 7.18. The van der Waals surface area contributed by atoms with Crippen LogP contribution in [0.3, 0.4) is 0 Å². The molecule has 8 heteroatoms. The van der Waals surface area contributed by atoms with Gasteiger partial charge in [-0.05, 0) is 19.4 Å². The van der Waals surface area contributed by atoms with Crippen LogP contribution in [0.5, 0.6) is 0 Å². The smallest absolute Gasteiger partial charge is 0.241 e. The fourth-order valence-electron chi connectivity index (χ4n) is 3.00. The number of rotatable bonds is 5. The summed E-state index contributed by atoms with van der Waals surface area (Å²) in [6.45, 7) is 8.51. The van der Waals surface area contributed by atoms with Crippen LogP contribution in [0.1, 0.15) is 16.3 Å². The zero-order valence-corrected chi connectivity index (χ0v) is 17.0. The molecule has 0 spiro atoms. The fourth-order valence-corrected chi connectivity index (χ4v) is 4.04. The molecule has 2 aromatic heterocycles. The Balaban J connectivity index is 1.96. The maximum atomic E-state index is 12.2. The van der Waals surface area contributed by atoms with E-state index < -0.39 is 0 Å². The van der Waals surface area contributed by atoms with E-state index in [0.29, 0.717) is 13.1 Å². The van der Waals surface area contributed by atoms with Crippen molar-refractivity contribution in [3.63, 3.8) is 0 Å². The number of aryl methyl sites for hydroxylation is 2. The zero-order valence-electron chi connectivity index (χ0n) is 16.2. The second-order valence-corrected chi connectivity index (χ2v) is 8.16. The molecule has 0 aromatic carbocycles. The summed E-state index contributed by atoms with van der Waals surface area (Å²) in [7, 11) is 5.47. The molecule has 1 fully saturated rings. The number of fused-ring (bicyclic) bond motifs is 1. The molecule has 1 aliphatic rings. The first-order valence-corrected chi connectivity index (χ1v) is 9.66. The number of thiophene rings is 1. The molecule has 7 nitrogen and oxygen atoms in total. The van der Waals surface area contributed by atoms with Gasteiger partial charge in [0.15, 0.2) is 0 Å². The van der Waals surface area contributed by atoms with Crippen molar-refractivity contribution >= 4 is 33.3 Å². The van der Waals surface area contributed by atoms with E-state index in [-0.39, 0.29) is 5.91 Å². The Bertz CT molecular complexity index is 798. The predicted molar refractivity (Wildman–Crippen MR) is 105 cm³/mol. The van der Waals surface area contributed by atoms with E-state index in [9.17, 15) is 4.79 Å². The Morgan fingerprint density at radius 2 is 1.88 bits per heavy atom. The first-order valence-electron chi connectivity index (χ1n) is 8.85. The second-order valence-electron chi connectivity index (χ2n) is 6.96. The molecule has 0 unspecified atom stereocenters. The number of hydrogen-bond donors (Lipinski definition) is 0. The van der Waals surface area contributed by atoms with Gasteiger partial charge in [0.25, 0.3) is 0 Å². The van der Waals surface area contributed by atoms with E-state index in [2.05, 4.69) is 18.7 Å². The molecule has 26 heavy (non-hydrogen) atoms. The van der Waals surface area contributed by atoms with Crippen LogP contribution in [-0.4, -0.2) is 79.7 Å². The van der Waals surface area contributed by atoms with Crippen molar-refractivity contribution in [2.45, 2.75) is 20.4 Å². The monoisotopic (exact) mass is 377 g/mol. The van der Waals surface area contributed by atoms with Crippen molar-refractivity contribution in [2.75, 3.05) is 58.9 Å². The van der Waals surface area contributed by atoms with Crippen LogP contribution in [0.25, 0.3) is 10.2 Å². The maximum Gasteiger partial charge on any atom is 0.241 e. The standard InChI is InChI=1S/C18H27N5O2S/c1-12-13(2)26-18-16(12)17(22(5)11-15(24)21(3)4)19-14(20-18)10-23-6-8-25-9-7-23/h6-11H2,1-5H3. The number of likely N-dealkylation sites (N-methyl/N-ethyl adjacent to an activating group) is 2. The molecule has 0 saturated carbocycles. The number of nitrogens with zero attached hydrogens (tertiary/aromatic N) is 5. The van der Waals surface area contributed by atoms with E-state index in [1.165, 1.54) is 10.4 Å². The van der Waals surface area contributed by atoms with Gasteiger partial charge in [0.2, 0.25) is 5.91 Å². The Morgan fingerprint density at radius 3 is 2.54 bits per heavy atom. The fraction of sp³-hybridized carbons (Fsp3) is 0.611. The third-order valence-corrected chi connectivity index (χ3v) is 5.86. The first-order chi connectivity index (χ1) is 12.4. The lowest BCUT2D eigenvalue weighted by atomic mass is 10.2. The molecule has 0 bridgehead atoms. The van der Waals surface area contributed by atoms with Gasteiger partial charge in [-0.15, -0.1) is 11.3 Å². The molecule has 142 valence electrons. The SMILES string of the molecule is Cc1sc2nc(CN3CCOCC3)nc(N(C)CC(=O)N(C)C)c2c1C. The molecule has 3 rings (SSSR count). The predicted octanol–water partition coefficient (Wildman–Crippen LogP) is 1.66. The van der Waals surface area contributed by atoms with Gasteiger partial charge in [0.05, 0.1) is 31.7 Å². The Kier molecular flexibility index (Phi) is 5.74. The molecule has 1 amide bonds. The van der Waals surface area contributed by atoms with Crippen molar-refractivity contribution in [2.24, 2.45) is 0 Å². The summed E-state index contributed by atoms with van der Waals surface area (Å²) in [5.41, 5.74) is 1.20. The summed E-state index contributed by atoms with van der Waals surface area (Å²) in [5, 5.41) is 1.06. The number of morpholine rings is 1. The van der Waals surface area contributed by atoms with Crippen LogP contribution in [0.4, 0.5) is 5.82 Å². The maximum absolute atomic E-state index is 12.2. The van der Waals surface area contributed by atoms with E-state index >= 15 is 0 Å². The van der Waals surface area contributed by atoms with Gasteiger partial charge < -0.3 is 14.5 Å². The molecule has 0 radical (unpaired) electrons. The van der Waals surface area contributed by atoms with Crippen LogP contribution in [-0.2, 0) is 16.1 Å². The van der Waals surface area contributed by atoms with E-state index in [0.717, 1.165) is 48.2 Å². The van der Waals surface area contributed by atoms with E-state index in [1.54, 1.807) is 30.3 Å². The van der Waals surface area contributed by atoms with Gasteiger partial charge in [0.1, 0.15) is 16.5 Å². The van der Waals surface area contributed by atoms with E-state index in [1.807, 2.05) is 11.9 Å². The van der Waals surface area contributed by atoms with Gasteiger partial charge in [-0.1, -0.05) is 0 Å². The third kappa shape index (κ3) is 3.97. The van der Waals surface area contributed by atoms with Crippen molar-refractivity contribution in [1.29, 1.82) is 0 Å². The average molecular weight is 378 g/mol. The molecule has 0 atom stereocenters. The molecule has 1 aliphatic heterocycles. The molecule has 1 saturated heterocycles. The average Bonchev–Trinajstić information content (AvgIpc) is 2.89. The number of aromatic nitrogens is 2. The van der Waals surface area contributed by atoms with Crippen molar-refractivity contribution in [3.05, 3.63) is 16.3 Å². The first kappa shape index (κ1) is 19.0. The van der Waals surface area contributed by atoms with Gasteiger partial charge in [0, 0.05) is 39.1 Å². The number of carbonyl (C=O) groups excluding carboxylic acids is 1. The number of anilines is 1. The molecule has 0 N–H and O–H groups in total. The number of hydrogen-bond acceptors (Lipinski definition) is 7. The molecule has 2 aromatic rings. The number of ether oxygens (including phenoxy) is 1. The normalized spacial score (nSPS) is 15.4. The minimum atomic E-state index is 0.0543. The van der Waals surface area contributed by atoms with Gasteiger partial charge >= 0.3 is 0 Å². The molecule has 3 heterocycles. The highest BCUT2D eigenvalue weighted by Crippen LogP contribution is 2.34. The Labute approximate surface area is 158 Å². The molecular weight excluding hydrogens is 350 g/mol.